The first-order chi connectivity index (χ1) is 13.0. The van der Waals surface area contributed by atoms with E-state index in [9.17, 15) is 14.2 Å². The molecule has 0 N–H and O–H groups in total. The lowest BCUT2D eigenvalue weighted by atomic mass is 9.91. The predicted octanol–water partition coefficient (Wildman–Crippen LogP) is 4.06. The van der Waals surface area contributed by atoms with E-state index in [0.717, 1.165) is 12.8 Å². The Kier molecular flexibility index (Phi) is 6.09. The smallest absolute Gasteiger partial charge is 0.417 e. The highest BCUT2D eigenvalue weighted by molar-refractivity contribution is 7.62. The second kappa shape index (κ2) is 7.92. The van der Waals surface area contributed by atoms with Crippen molar-refractivity contribution in [2.45, 2.75) is 77.0 Å². The Bertz CT molecular complexity index is 680. The van der Waals surface area contributed by atoms with E-state index in [1.807, 2.05) is 26.0 Å². The van der Waals surface area contributed by atoms with E-state index < -0.39 is 19.1 Å². The maximum Gasteiger partial charge on any atom is 0.417 e. The molecule has 2 amide bonds. The van der Waals surface area contributed by atoms with Crippen LogP contribution in [0.2, 0.25) is 0 Å². The number of rotatable bonds is 3. The zero-order valence-electron chi connectivity index (χ0n) is 17.8. The van der Waals surface area contributed by atoms with Crippen molar-refractivity contribution in [2.75, 3.05) is 20.6 Å². The van der Waals surface area contributed by atoms with E-state index in [2.05, 4.69) is 9.34 Å². The van der Waals surface area contributed by atoms with Gasteiger partial charge in [-0.25, -0.2) is 19.0 Å². The monoisotopic (exact) mass is 411 g/mol. The van der Waals surface area contributed by atoms with Gasteiger partial charge in [-0.3, -0.25) is 9.36 Å². The maximum atomic E-state index is 13.6. The Balaban J connectivity index is 1.60. The molecular weight excluding hydrogens is 377 g/mol. The third-order valence-corrected chi connectivity index (χ3v) is 9.15. The summed E-state index contributed by atoms with van der Waals surface area (Å²) in [5, 5.41) is 0. The third kappa shape index (κ3) is 4.22. The Morgan fingerprint density at radius 1 is 1.18 bits per heavy atom. The number of carbonyl (C=O) groups excluding carboxylic acids is 2. The average Bonchev–Trinajstić information content (AvgIpc) is 3.07. The molecule has 2 aliphatic heterocycles. The molecule has 0 aromatic heterocycles. The van der Waals surface area contributed by atoms with Crippen molar-refractivity contribution in [1.82, 2.24) is 14.2 Å². The number of amides is 2. The van der Waals surface area contributed by atoms with Gasteiger partial charge in [0.15, 0.2) is 0 Å². The van der Waals surface area contributed by atoms with Crippen LogP contribution >= 0.6 is 7.44 Å². The molecule has 1 saturated carbocycles. The summed E-state index contributed by atoms with van der Waals surface area (Å²) in [4.78, 5) is 25.6. The van der Waals surface area contributed by atoms with Gasteiger partial charge in [-0.1, -0.05) is 18.9 Å². The largest absolute Gasteiger partial charge is 0.443 e. The van der Waals surface area contributed by atoms with Crippen LogP contribution in [0.25, 0.3) is 0 Å². The molecule has 2 heterocycles. The average molecular weight is 411 g/mol. The molecular formula is C20H34N3O4P. The zero-order valence-corrected chi connectivity index (χ0v) is 18.7. The Hall–Kier alpha value is -1.17. The van der Waals surface area contributed by atoms with E-state index in [1.54, 1.807) is 20.8 Å². The summed E-state index contributed by atoms with van der Waals surface area (Å²) in [6.45, 7) is 5.72. The van der Waals surface area contributed by atoms with Crippen LogP contribution < -0.4 is 0 Å². The number of allylic oxidation sites excluding steroid dienone is 1. The highest BCUT2D eigenvalue weighted by Gasteiger charge is 2.50. The first-order valence-electron chi connectivity index (χ1n) is 10.3. The molecule has 0 radical (unpaired) electrons. The summed E-state index contributed by atoms with van der Waals surface area (Å²) in [5.41, 5.74) is -0.622. The molecule has 0 aromatic rings. The first-order valence-corrected chi connectivity index (χ1v) is 12.0. The number of likely N-dealkylation sites (N-methyl/N-ethyl adjacent to an activating group) is 2. The second-order valence-corrected chi connectivity index (χ2v) is 12.1. The second-order valence-electron chi connectivity index (χ2n) is 9.33. The van der Waals surface area contributed by atoms with Gasteiger partial charge in [-0.15, -0.1) is 0 Å². The molecule has 0 spiro atoms. The molecule has 7 nitrogen and oxygen atoms in total. The van der Waals surface area contributed by atoms with Gasteiger partial charge in [0, 0.05) is 30.9 Å². The molecule has 0 unspecified atom stereocenters. The molecule has 3 rings (SSSR count). The van der Waals surface area contributed by atoms with Crippen LogP contribution in [0.5, 0.6) is 0 Å². The van der Waals surface area contributed by atoms with Crippen molar-refractivity contribution in [2.24, 2.45) is 5.92 Å². The quantitative estimate of drug-likeness (QED) is 0.653. The molecule has 2 saturated heterocycles. The maximum absolute atomic E-state index is 13.6. The number of ether oxygens (including phenoxy) is 1. The Morgan fingerprint density at radius 3 is 2.29 bits per heavy atom. The summed E-state index contributed by atoms with van der Waals surface area (Å²) in [7, 11) is 1.25. The fourth-order valence-electron chi connectivity index (χ4n) is 4.64. The number of fused-ring (bicyclic) bond motifs is 1. The van der Waals surface area contributed by atoms with E-state index in [0.29, 0.717) is 31.5 Å². The van der Waals surface area contributed by atoms with Gasteiger partial charge in [0.1, 0.15) is 5.60 Å². The molecule has 3 aliphatic rings. The van der Waals surface area contributed by atoms with Crippen molar-refractivity contribution in [1.29, 1.82) is 0 Å². The first kappa shape index (κ1) is 21.5. The normalized spacial score (nSPS) is 31.5. The van der Waals surface area contributed by atoms with Crippen molar-refractivity contribution in [3.63, 3.8) is 0 Å². The summed E-state index contributed by atoms with van der Waals surface area (Å²) in [5.74, 6) is 1.70. The molecule has 3 fully saturated rings. The summed E-state index contributed by atoms with van der Waals surface area (Å²) in [6, 6.07) is 0.731. The van der Waals surface area contributed by atoms with Crippen molar-refractivity contribution in [3.05, 3.63) is 11.9 Å². The van der Waals surface area contributed by atoms with Crippen molar-refractivity contribution in [3.8, 4) is 0 Å². The van der Waals surface area contributed by atoms with E-state index >= 15 is 0 Å². The Labute approximate surface area is 168 Å². The highest BCUT2D eigenvalue weighted by atomic mass is 31.2. The van der Waals surface area contributed by atoms with Gasteiger partial charge in [-0.05, 0) is 60.0 Å². The molecule has 8 heteroatoms. The standard InChI is InChI=1S/C20H34N3O4P/c1-20(2,3)27-19(25)23-14-15(13-18(23)24)9-8-12-28(26)21(4)16-10-6-7-11-17(16)22(28)5/h8,12,15-17H,6-7,9-11,13-14H2,1-5H3/b12-8+/t15-,16+,17+/m0/s1. The van der Waals surface area contributed by atoms with E-state index in [4.69, 9.17) is 4.74 Å². The summed E-state index contributed by atoms with van der Waals surface area (Å²) < 4.78 is 23.1. The van der Waals surface area contributed by atoms with Gasteiger partial charge in [0.2, 0.25) is 13.4 Å². The van der Waals surface area contributed by atoms with Gasteiger partial charge in [0.05, 0.1) is 0 Å². The van der Waals surface area contributed by atoms with Gasteiger partial charge in [0.25, 0.3) is 0 Å². The minimum atomic E-state index is -2.70. The minimum Gasteiger partial charge on any atom is -0.443 e. The number of hydrogen-bond donors (Lipinski definition) is 0. The van der Waals surface area contributed by atoms with E-state index in [-0.39, 0.29) is 11.8 Å². The SMILES string of the molecule is CN1[C@@H]2CCCC[C@H]2N(C)P1(=O)/C=C/C[C@H]1CC(=O)N(C(=O)OC(C)(C)C)C1. The molecule has 1 aliphatic carbocycles. The number of imide groups is 1. The van der Waals surface area contributed by atoms with Crippen LogP contribution in [-0.4, -0.2) is 64.6 Å². The van der Waals surface area contributed by atoms with E-state index in [1.165, 1.54) is 17.7 Å². The lowest BCUT2D eigenvalue weighted by Gasteiger charge is -2.28. The Morgan fingerprint density at radius 2 is 1.75 bits per heavy atom. The van der Waals surface area contributed by atoms with Gasteiger partial charge >= 0.3 is 6.09 Å². The molecule has 158 valence electrons. The highest BCUT2D eigenvalue weighted by Crippen LogP contribution is 2.62. The minimum absolute atomic E-state index is 0.0448. The predicted molar refractivity (Wildman–Crippen MR) is 109 cm³/mol. The van der Waals surface area contributed by atoms with Crippen LogP contribution in [0.1, 0.15) is 59.3 Å². The zero-order chi connectivity index (χ0) is 20.7. The van der Waals surface area contributed by atoms with Crippen molar-refractivity contribution < 1.29 is 18.9 Å². The van der Waals surface area contributed by atoms with Crippen LogP contribution in [0.3, 0.4) is 0 Å². The van der Waals surface area contributed by atoms with Crippen LogP contribution in [-0.2, 0) is 14.1 Å². The fraction of sp³-hybridized carbons (Fsp3) is 0.800. The number of hydrogen-bond acceptors (Lipinski definition) is 4. The van der Waals surface area contributed by atoms with Crippen LogP contribution in [0.4, 0.5) is 4.79 Å². The fourth-order valence-corrected chi connectivity index (χ4v) is 7.30. The topological polar surface area (TPSA) is 70.2 Å². The summed E-state index contributed by atoms with van der Waals surface area (Å²) in [6.07, 6.45) is 6.94. The van der Waals surface area contributed by atoms with Gasteiger partial charge < -0.3 is 4.74 Å². The molecule has 0 bridgehead atoms. The van der Waals surface area contributed by atoms with Crippen molar-refractivity contribution >= 4 is 19.4 Å². The lowest BCUT2D eigenvalue weighted by molar-refractivity contribution is -0.127. The lowest BCUT2D eigenvalue weighted by Crippen LogP contribution is -2.37. The molecule has 3 atom stereocenters. The van der Waals surface area contributed by atoms with Crippen LogP contribution in [0.15, 0.2) is 11.9 Å². The third-order valence-electron chi connectivity index (χ3n) is 6.15. The molecule has 28 heavy (non-hydrogen) atoms. The molecule has 0 aromatic carbocycles. The van der Waals surface area contributed by atoms with Crippen LogP contribution in [0, 0.1) is 5.92 Å². The summed E-state index contributed by atoms with van der Waals surface area (Å²) >= 11 is 0. The van der Waals surface area contributed by atoms with Gasteiger partial charge in [-0.2, -0.15) is 0 Å². The number of nitrogens with zero attached hydrogens (tertiary/aromatic N) is 3. The number of likely N-dealkylation sites (tertiary alicyclic amines) is 1. The number of carbonyl (C=O) groups is 2.